The van der Waals surface area contributed by atoms with Crippen LogP contribution in [-0.4, -0.2) is 10.1 Å². The van der Waals surface area contributed by atoms with Gasteiger partial charge in [0.25, 0.3) is 0 Å². The quantitative estimate of drug-likeness (QED) is 0.795. The van der Waals surface area contributed by atoms with Crippen molar-refractivity contribution in [2.24, 2.45) is 0 Å². The first kappa shape index (κ1) is 13.4. The molecule has 1 aromatic carbocycles. The number of aromatic hydroxyl groups is 1. The molecule has 1 aromatic heterocycles. The zero-order valence-electron chi connectivity index (χ0n) is 11.5. The van der Waals surface area contributed by atoms with Gasteiger partial charge in [-0.05, 0) is 64.5 Å². The standard InChI is InChI=1S/C16H17BrN2O/c1-9-5-6-13(20)15-12(8-10(2)14(9)15)19-11-4-3-7-18-16(11)17/h3-7,10,12,19-20H,8H2,1-2H3. The van der Waals surface area contributed by atoms with Gasteiger partial charge in [0.05, 0.1) is 11.7 Å². The number of anilines is 1. The second kappa shape index (κ2) is 5.09. The second-order valence-electron chi connectivity index (χ2n) is 5.40. The maximum Gasteiger partial charge on any atom is 0.129 e. The van der Waals surface area contributed by atoms with Crippen molar-refractivity contribution in [2.45, 2.75) is 32.2 Å². The van der Waals surface area contributed by atoms with Crippen molar-refractivity contribution in [1.82, 2.24) is 4.98 Å². The number of aromatic nitrogens is 1. The minimum absolute atomic E-state index is 0.125. The molecule has 3 rings (SSSR count). The Morgan fingerprint density at radius 2 is 2.10 bits per heavy atom. The van der Waals surface area contributed by atoms with E-state index in [0.717, 1.165) is 22.3 Å². The summed E-state index contributed by atoms with van der Waals surface area (Å²) < 4.78 is 0.799. The number of halogens is 1. The minimum atomic E-state index is 0.125. The molecule has 0 amide bonds. The fourth-order valence-electron chi connectivity index (χ4n) is 3.16. The van der Waals surface area contributed by atoms with Crippen LogP contribution in [0.2, 0.25) is 0 Å². The molecule has 1 aliphatic rings. The van der Waals surface area contributed by atoms with Crippen LogP contribution >= 0.6 is 15.9 Å². The van der Waals surface area contributed by atoms with E-state index in [9.17, 15) is 5.11 Å². The molecule has 0 aliphatic heterocycles. The van der Waals surface area contributed by atoms with E-state index in [-0.39, 0.29) is 6.04 Å². The lowest BCUT2D eigenvalue weighted by Gasteiger charge is -2.17. The lowest BCUT2D eigenvalue weighted by atomic mass is 9.97. The summed E-state index contributed by atoms with van der Waals surface area (Å²) in [6.45, 7) is 4.32. The molecule has 2 aromatic rings. The van der Waals surface area contributed by atoms with Crippen molar-refractivity contribution in [3.63, 3.8) is 0 Å². The van der Waals surface area contributed by atoms with Crippen LogP contribution in [0.4, 0.5) is 5.69 Å². The van der Waals surface area contributed by atoms with Crippen molar-refractivity contribution in [3.8, 4) is 5.75 Å². The number of phenolic OH excluding ortho intramolecular Hbond substituents is 1. The molecule has 0 spiro atoms. The third-order valence-electron chi connectivity index (χ3n) is 4.00. The van der Waals surface area contributed by atoms with Gasteiger partial charge in [0.2, 0.25) is 0 Å². The van der Waals surface area contributed by atoms with E-state index in [4.69, 9.17) is 0 Å². The van der Waals surface area contributed by atoms with Crippen molar-refractivity contribution in [2.75, 3.05) is 5.32 Å². The molecule has 1 aliphatic carbocycles. The predicted octanol–water partition coefficient (Wildman–Crippen LogP) is 4.52. The van der Waals surface area contributed by atoms with E-state index in [0.29, 0.717) is 11.7 Å². The van der Waals surface area contributed by atoms with Crippen LogP contribution in [0.25, 0.3) is 0 Å². The fourth-order valence-corrected chi connectivity index (χ4v) is 3.52. The first-order valence-electron chi connectivity index (χ1n) is 6.77. The fraction of sp³-hybridized carbons (Fsp3) is 0.312. The topological polar surface area (TPSA) is 45.1 Å². The van der Waals surface area contributed by atoms with Gasteiger partial charge >= 0.3 is 0 Å². The van der Waals surface area contributed by atoms with E-state index < -0.39 is 0 Å². The molecular formula is C16H17BrN2O. The zero-order valence-corrected chi connectivity index (χ0v) is 13.1. The van der Waals surface area contributed by atoms with Crippen LogP contribution < -0.4 is 5.32 Å². The minimum Gasteiger partial charge on any atom is -0.508 e. The number of nitrogens with one attached hydrogen (secondary N) is 1. The summed E-state index contributed by atoms with van der Waals surface area (Å²) in [6.07, 6.45) is 2.73. The van der Waals surface area contributed by atoms with Crippen LogP contribution in [0.15, 0.2) is 35.1 Å². The summed E-state index contributed by atoms with van der Waals surface area (Å²) in [7, 11) is 0. The monoisotopic (exact) mass is 332 g/mol. The van der Waals surface area contributed by atoms with E-state index in [1.54, 1.807) is 12.3 Å². The van der Waals surface area contributed by atoms with Crippen molar-refractivity contribution < 1.29 is 5.11 Å². The highest BCUT2D eigenvalue weighted by atomic mass is 79.9. The summed E-state index contributed by atoms with van der Waals surface area (Å²) in [5.41, 5.74) is 4.52. The van der Waals surface area contributed by atoms with Crippen molar-refractivity contribution in [1.29, 1.82) is 0 Å². The number of aryl methyl sites for hydroxylation is 1. The van der Waals surface area contributed by atoms with Crippen molar-refractivity contribution >= 4 is 21.6 Å². The number of pyridine rings is 1. The molecular weight excluding hydrogens is 316 g/mol. The zero-order chi connectivity index (χ0) is 14.3. The third-order valence-corrected chi connectivity index (χ3v) is 4.63. The summed E-state index contributed by atoms with van der Waals surface area (Å²) >= 11 is 3.46. The summed E-state index contributed by atoms with van der Waals surface area (Å²) in [5.74, 6) is 0.831. The Labute approximate surface area is 127 Å². The molecule has 104 valence electrons. The first-order chi connectivity index (χ1) is 9.58. The Hall–Kier alpha value is -1.55. The van der Waals surface area contributed by atoms with E-state index in [2.05, 4.69) is 40.1 Å². The van der Waals surface area contributed by atoms with Gasteiger partial charge in [-0.3, -0.25) is 0 Å². The maximum absolute atomic E-state index is 10.2. The first-order valence-corrected chi connectivity index (χ1v) is 7.56. The van der Waals surface area contributed by atoms with Crippen LogP contribution in [-0.2, 0) is 0 Å². The van der Waals surface area contributed by atoms with E-state index in [1.165, 1.54) is 11.1 Å². The van der Waals surface area contributed by atoms with E-state index in [1.807, 2.05) is 18.2 Å². The molecule has 0 saturated carbocycles. The Balaban J connectivity index is 2.00. The Kier molecular flexibility index (Phi) is 3.42. The third kappa shape index (κ3) is 2.18. The molecule has 2 unspecified atom stereocenters. The number of hydrogen-bond donors (Lipinski definition) is 2. The number of rotatable bonds is 2. The van der Waals surface area contributed by atoms with Gasteiger partial charge in [-0.25, -0.2) is 4.98 Å². The Morgan fingerprint density at radius 3 is 2.85 bits per heavy atom. The molecule has 2 atom stereocenters. The van der Waals surface area contributed by atoms with Crippen LogP contribution in [0.5, 0.6) is 5.75 Å². The number of hydrogen-bond acceptors (Lipinski definition) is 3. The Bertz CT molecular complexity index is 657. The highest BCUT2D eigenvalue weighted by Gasteiger charge is 2.32. The molecule has 0 fully saturated rings. The normalized spacial score (nSPS) is 20.8. The van der Waals surface area contributed by atoms with Crippen molar-refractivity contribution in [3.05, 3.63) is 51.8 Å². The maximum atomic E-state index is 10.2. The summed E-state index contributed by atoms with van der Waals surface area (Å²) in [4.78, 5) is 4.23. The van der Waals surface area contributed by atoms with Gasteiger partial charge in [0.1, 0.15) is 10.4 Å². The average molecular weight is 333 g/mol. The van der Waals surface area contributed by atoms with Gasteiger partial charge < -0.3 is 10.4 Å². The number of phenols is 1. The van der Waals surface area contributed by atoms with Gasteiger partial charge in [0, 0.05) is 11.8 Å². The Morgan fingerprint density at radius 1 is 1.30 bits per heavy atom. The second-order valence-corrected chi connectivity index (χ2v) is 6.16. The van der Waals surface area contributed by atoms with Gasteiger partial charge in [-0.2, -0.15) is 0 Å². The summed E-state index contributed by atoms with van der Waals surface area (Å²) in [5, 5.41) is 13.7. The molecule has 0 radical (unpaired) electrons. The molecule has 2 N–H and O–H groups in total. The molecule has 20 heavy (non-hydrogen) atoms. The lowest BCUT2D eigenvalue weighted by molar-refractivity contribution is 0.465. The number of benzene rings is 1. The largest absolute Gasteiger partial charge is 0.508 e. The molecule has 0 saturated heterocycles. The molecule has 3 nitrogen and oxygen atoms in total. The van der Waals surface area contributed by atoms with Gasteiger partial charge in [0.15, 0.2) is 0 Å². The lowest BCUT2D eigenvalue weighted by Crippen LogP contribution is -2.08. The SMILES string of the molecule is Cc1ccc(O)c2c1C(C)CC2Nc1cccnc1Br. The predicted molar refractivity (Wildman–Crippen MR) is 84.2 cm³/mol. The summed E-state index contributed by atoms with van der Waals surface area (Å²) in [6, 6.07) is 7.81. The average Bonchev–Trinajstić information content (AvgIpc) is 2.75. The number of nitrogens with zero attached hydrogens (tertiary/aromatic N) is 1. The molecule has 1 heterocycles. The number of fused-ring (bicyclic) bond motifs is 1. The van der Waals surface area contributed by atoms with E-state index >= 15 is 0 Å². The van der Waals surface area contributed by atoms with Crippen LogP contribution in [0.3, 0.4) is 0 Å². The highest BCUT2D eigenvalue weighted by Crippen LogP contribution is 2.47. The highest BCUT2D eigenvalue weighted by molar-refractivity contribution is 9.10. The molecule has 4 heteroatoms. The van der Waals surface area contributed by atoms with Gasteiger partial charge in [-0.1, -0.05) is 13.0 Å². The van der Waals surface area contributed by atoms with Crippen LogP contribution in [0, 0.1) is 6.92 Å². The molecule has 0 bridgehead atoms. The smallest absolute Gasteiger partial charge is 0.129 e. The van der Waals surface area contributed by atoms with Gasteiger partial charge in [-0.15, -0.1) is 0 Å². The van der Waals surface area contributed by atoms with Crippen LogP contribution in [0.1, 0.15) is 42.0 Å².